The highest BCUT2D eigenvalue weighted by Crippen LogP contribution is 2.60. The minimum absolute atomic E-state index is 0.0296. The Balaban J connectivity index is 0.937. The number of benzene rings is 8. The molecule has 13 rings (SSSR count). The SMILES string of the molecule is CC1(C)c2ccccc2-c2cc3c(cc21)-c1cc(-c2ccc4sc5c(C6NC(c7ccccc7)C(c7ccccc7)=NC6c6ccccc6)cccc5c4c2)ccc1C31CCCCC1. The standard InChI is InChI=1S/C61H50N2S/c1-60(2)50-27-14-13-24-43(50)47-37-53-48(36-52(47)60)46-34-41(28-30-51(46)61(53)32-15-6-16-33-61)42-29-31-54-49(35-42)44-25-17-26-45(59(44)64-54)58-57(40-22-11-5-12-23-40)62-55(38-18-7-3-8-19-38)56(63-58)39-20-9-4-10-21-39/h3-5,7-14,17-31,34-37,56-58,63H,6,15-16,32-33H2,1-2H3. The summed E-state index contributed by atoms with van der Waals surface area (Å²) in [6.07, 6.45) is 6.38. The van der Waals surface area contributed by atoms with Crippen molar-refractivity contribution in [3.63, 3.8) is 0 Å². The molecule has 2 nitrogen and oxygen atoms in total. The summed E-state index contributed by atoms with van der Waals surface area (Å²) in [4.78, 5) is 5.72. The average Bonchev–Trinajstić information content (AvgIpc) is 3.94. The van der Waals surface area contributed by atoms with E-state index in [1.807, 2.05) is 11.3 Å². The molecule has 310 valence electrons. The normalized spacial score (nSPS) is 20.2. The molecule has 64 heavy (non-hydrogen) atoms. The fourth-order valence-corrected chi connectivity index (χ4v) is 13.6. The summed E-state index contributed by atoms with van der Waals surface area (Å²) in [6, 6.07) is 68.2. The number of nitrogens with zero attached hydrogens (tertiary/aromatic N) is 1. The van der Waals surface area contributed by atoms with Crippen molar-refractivity contribution in [2.75, 3.05) is 0 Å². The molecule has 3 unspecified atom stereocenters. The molecular weight excluding hydrogens is 793 g/mol. The van der Waals surface area contributed by atoms with Crippen molar-refractivity contribution in [2.24, 2.45) is 4.99 Å². The summed E-state index contributed by atoms with van der Waals surface area (Å²) in [5, 5.41) is 6.85. The van der Waals surface area contributed by atoms with Crippen LogP contribution in [-0.2, 0) is 10.8 Å². The molecule has 0 saturated heterocycles. The van der Waals surface area contributed by atoms with Crippen LogP contribution in [0.25, 0.3) is 53.6 Å². The molecule has 3 atom stereocenters. The summed E-state index contributed by atoms with van der Waals surface area (Å²) in [7, 11) is 0. The lowest BCUT2D eigenvalue weighted by Gasteiger charge is -2.37. The lowest BCUT2D eigenvalue weighted by atomic mass is 9.67. The van der Waals surface area contributed by atoms with Crippen molar-refractivity contribution < 1.29 is 0 Å². The fraction of sp³-hybridized carbons (Fsp3) is 0.197. The second-order valence-electron chi connectivity index (χ2n) is 19.3. The summed E-state index contributed by atoms with van der Waals surface area (Å²) in [6.45, 7) is 4.84. The molecule has 4 aliphatic rings. The Hall–Kier alpha value is -6.39. The van der Waals surface area contributed by atoms with E-state index in [9.17, 15) is 0 Å². The van der Waals surface area contributed by atoms with Gasteiger partial charge in [-0.1, -0.05) is 185 Å². The van der Waals surface area contributed by atoms with Gasteiger partial charge in [0.05, 0.1) is 23.8 Å². The first-order chi connectivity index (χ1) is 31.5. The zero-order chi connectivity index (χ0) is 42.6. The quantitative estimate of drug-likeness (QED) is 0.183. The van der Waals surface area contributed by atoms with Gasteiger partial charge in [0.25, 0.3) is 0 Å². The van der Waals surface area contributed by atoms with Gasteiger partial charge in [-0.15, -0.1) is 11.3 Å². The van der Waals surface area contributed by atoms with Crippen LogP contribution in [0.2, 0.25) is 0 Å². The average molecular weight is 843 g/mol. The van der Waals surface area contributed by atoms with Gasteiger partial charge in [-0.25, -0.2) is 0 Å². The highest BCUT2D eigenvalue weighted by molar-refractivity contribution is 7.26. The first-order valence-electron chi connectivity index (χ1n) is 23.3. The molecule has 1 N–H and O–H groups in total. The Morgan fingerprint density at radius 1 is 0.500 bits per heavy atom. The van der Waals surface area contributed by atoms with Gasteiger partial charge < -0.3 is 0 Å². The Kier molecular flexibility index (Phi) is 8.67. The van der Waals surface area contributed by atoms with E-state index in [0.717, 1.165) is 11.3 Å². The molecule has 1 spiro atoms. The maximum absolute atomic E-state index is 5.72. The molecule has 3 heteroatoms. The summed E-state index contributed by atoms with van der Waals surface area (Å²) in [5.41, 5.74) is 20.4. The molecule has 1 aliphatic heterocycles. The van der Waals surface area contributed by atoms with Crippen LogP contribution >= 0.6 is 11.3 Å². The summed E-state index contributed by atoms with van der Waals surface area (Å²) < 4.78 is 2.65. The van der Waals surface area contributed by atoms with E-state index in [2.05, 4.69) is 201 Å². The van der Waals surface area contributed by atoms with Gasteiger partial charge in [-0.3, -0.25) is 10.3 Å². The van der Waals surface area contributed by atoms with Crippen LogP contribution in [0.1, 0.15) is 109 Å². The van der Waals surface area contributed by atoms with E-state index in [1.165, 1.54) is 113 Å². The Morgan fingerprint density at radius 2 is 1.16 bits per heavy atom. The minimum atomic E-state index is -0.106. The molecule has 0 amide bonds. The Morgan fingerprint density at radius 3 is 1.95 bits per heavy atom. The van der Waals surface area contributed by atoms with Crippen LogP contribution in [0.5, 0.6) is 0 Å². The zero-order valence-electron chi connectivity index (χ0n) is 36.4. The third-order valence-electron chi connectivity index (χ3n) is 15.5. The number of nitrogens with one attached hydrogen (secondary N) is 1. The number of thiophene rings is 1. The molecule has 9 aromatic rings. The molecule has 0 bridgehead atoms. The van der Waals surface area contributed by atoms with E-state index in [4.69, 9.17) is 4.99 Å². The first-order valence-corrected chi connectivity index (χ1v) is 24.2. The second-order valence-corrected chi connectivity index (χ2v) is 20.3. The lowest BCUT2D eigenvalue weighted by Crippen LogP contribution is -2.40. The topological polar surface area (TPSA) is 24.4 Å². The predicted octanol–water partition coefficient (Wildman–Crippen LogP) is 15.9. The number of rotatable bonds is 5. The van der Waals surface area contributed by atoms with Crippen molar-refractivity contribution in [3.8, 4) is 33.4 Å². The van der Waals surface area contributed by atoms with Crippen LogP contribution < -0.4 is 5.32 Å². The number of hydrogen-bond donors (Lipinski definition) is 1. The largest absolute Gasteiger partial charge is 0.296 e. The van der Waals surface area contributed by atoms with Crippen molar-refractivity contribution in [2.45, 2.75) is 74.9 Å². The Labute approximate surface area is 380 Å². The predicted molar refractivity (Wildman–Crippen MR) is 269 cm³/mol. The van der Waals surface area contributed by atoms with Gasteiger partial charge in [0.2, 0.25) is 0 Å². The van der Waals surface area contributed by atoms with Crippen LogP contribution in [0.3, 0.4) is 0 Å². The monoisotopic (exact) mass is 842 g/mol. The van der Waals surface area contributed by atoms with E-state index in [-0.39, 0.29) is 29.0 Å². The molecule has 3 aliphatic carbocycles. The number of hydrogen-bond acceptors (Lipinski definition) is 3. The number of aliphatic imine (C=N–C) groups is 1. The van der Waals surface area contributed by atoms with E-state index >= 15 is 0 Å². The third-order valence-corrected chi connectivity index (χ3v) is 16.8. The fourth-order valence-electron chi connectivity index (χ4n) is 12.4. The molecule has 0 radical (unpaired) electrons. The Bertz CT molecular complexity index is 3320. The highest BCUT2D eigenvalue weighted by atomic mass is 32.1. The minimum Gasteiger partial charge on any atom is -0.296 e. The molecule has 1 saturated carbocycles. The maximum atomic E-state index is 5.72. The van der Waals surface area contributed by atoms with Crippen LogP contribution in [0.4, 0.5) is 0 Å². The second kappa shape index (κ2) is 14.6. The highest BCUT2D eigenvalue weighted by Gasteiger charge is 2.46. The van der Waals surface area contributed by atoms with Crippen molar-refractivity contribution in [3.05, 3.63) is 226 Å². The maximum Gasteiger partial charge on any atom is 0.0948 e. The molecule has 2 heterocycles. The smallest absolute Gasteiger partial charge is 0.0948 e. The zero-order valence-corrected chi connectivity index (χ0v) is 37.3. The first kappa shape index (κ1) is 38.1. The van der Waals surface area contributed by atoms with E-state index in [1.54, 1.807) is 11.1 Å². The lowest BCUT2D eigenvalue weighted by molar-refractivity contribution is 0.353. The van der Waals surface area contributed by atoms with Crippen LogP contribution in [0, 0.1) is 0 Å². The molecule has 1 fully saturated rings. The molecular formula is C61H50N2S. The summed E-state index contributed by atoms with van der Waals surface area (Å²) in [5.74, 6) is 0. The van der Waals surface area contributed by atoms with E-state index in [0.29, 0.717) is 0 Å². The summed E-state index contributed by atoms with van der Waals surface area (Å²) >= 11 is 1.92. The van der Waals surface area contributed by atoms with Crippen molar-refractivity contribution >= 4 is 37.2 Å². The molecule has 1 aromatic heterocycles. The number of fused-ring (bicyclic) bond motifs is 11. The van der Waals surface area contributed by atoms with Crippen molar-refractivity contribution in [1.82, 2.24) is 5.32 Å². The van der Waals surface area contributed by atoms with Gasteiger partial charge in [-0.05, 0) is 121 Å². The van der Waals surface area contributed by atoms with Gasteiger partial charge in [0.15, 0.2) is 0 Å². The van der Waals surface area contributed by atoms with Gasteiger partial charge in [-0.2, -0.15) is 0 Å². The van der Waals surface area contributed by atoms with Gasteiger partial charge >= 0.3 is 0 Å². The molecule has 8 aromatic carbocycles. The van der Waals surface area contributed by atoms with Gasteiger partial charge in [0, 0.05) is 31.0 Å². The van der Waals surface area contributed by atoms with Crippen LogP contribution in [-0.4, -0.2) is 5.71 Å². The third kappa shape index (κ3) is 5.70. The van der Waals surface area contributed by atoms with Crippen LogP contribution in [0.15, 0.2) is 187 Å². The van der Waals surface area contributed by atoms with E-state index < -0.39 is 0 Å². The van der Waals surface area contributed by atoms with Crippen molar-refractivity contribution in [1.29, 1.82) is 0 Å². The van der Waals surface area contributed by atoms with Gasteiger partial charge in [0.1, 0.15) is 0 Å².